The van der Waals surface area contributed by atoms with Crippen LogP contribution in [-0.4, -0.2) is 102 Å². The second kappa shape index (κ2) is 18.3. The molecule has 0 saturated heterocycles. The van der Waals surface area contributed by atoms with E-state index < -0.39 is 79.4 Å². The van der Waals surface area contributed by atoms with Crippen molar-refractivity contribution in [1.82, 2.24) is 26.6 Å². The molecule has 0 bridgehead atoms. The number of aliphatic imine (C=N–C) groups is 1. The quantitative estimate of drug-likeness (QED) is 0.0431. The number of nitrogens with two attached hydrogens (primary N) is 3. The van der Waals surface area contributed by atoms with Crippen LogP contribution < -0.4 is 43.8 Å². The number of aliphatic carboxylic acids is 1. The van der Waals surface area contributed by atoms with Crippen LogP contribution in [0.3, 0.4) is 0 Å². The van der Waals surface area contributed by atoms with Crippen molar-refractivity contribution in [1.29, 1.82) is 0 Å². The predicted molar refractivity (Wildman–Crippen MR) is 140 cm³/mol. The molecule has 5 amide bonds. The summed E-state index contributed by atoms with van der Waals surface area (Å²) in [4.78, 5) is 75.9. The number of hydrogen-bond donors (Lipinski definition) is 10. The number of carboxylic acids is 1. The predicted octanol–water partition coefficient (Wildman–Crippen LogP) is -4.80. The molecule has 0 aromatic heterocycles. The second-order valence-corrected chi connectivity index (χ2v) is 9.11. The zero-order valence-electron chi connectivity index (χ0n) is 22.4. The van der Waals surface area contributed by atoms with E-state index in [1.54, 1.807) is 0 Å². The maximum absolute atomic E-state index is 12.9. The highest BCUT2D eigenvalue weighted by atomic mass is 16.4. The lowest BCUT2D eigenvalue weighted by molar-refractivity contribution is -0.138. The van der Waals surface area contributed by atoms with Gasteiger partial charge in [0, 0.05) is 6.54 Å². The normalized spacial score (nSPS) is 13.7. The van der Waals surface area contributed by atoms with Crippen molar-refractivity contribution in [2.75, 3.05) is 26.2 Å². The molecule has 0 aliphatic carbocycles. The molecule has 0 rings (SSSR count). The first-order valence-corrected chi connectivity index (χ1v) is 12.3. The van der Waals surface area contributed by atoms with Gasteiger partial charge in [-0.3, -0.25) is 33.8 Å². The Morgan fingerprint density at radius 1 is 0.821 bits per heavy atom. The number of amides is 5. The Morgan fingerprint density at radius 2 is 1.41 bits per heavy atom. The average Bonchev–Trinajstić information content (AvgIpc) is 2.84. The number of guanidine groups is 1. The van der Waals surface area contributed by atoms with Gasteiger partial charge >= 0.3 is 5.97 Å². The van der Waals surface area contributed by atoms with Gasteiger partial charge in [0.2, 0.25) is 29.5 Å². The van der Waals surface area contributed by atoms with Gasteiger partial charge in [-0.15, -0.1) is 0 Å². The number of hydrogen-bond acceptors (Lipinski definition) is 9. The molecule has 4 atom stereocenters. The highest BCUT2D eigenvalue weighted by Crippen LogP contribution is 2.05. The molecular weight excluding hydrogens is 518 g/mol. The minimum absolute atomic E-state index is 0.0900. The lowest BCUT2D eigenvalue weighted by atomic mass is 10.0. The van der Waals surface area contributed by atoms with E-state index in [0.29, 0.717) is 12.8 Å². The van der Waals surface area contributed by atoms with Crippen LogP contribution in [-0.2, 0) is 28.8 Å². The van der Waals surface area contributed by atoms with E-state index in [1.165, 1.54) is 6.92 Å². The van der Waals surface area contributed by atoms with Crippen molar-refractivity contribution in [3.05, 3.63) is 0 Å². The number of nitrogens with zero attached hydrogens (tertiary/aromatic N) is 1. The summed E-state index contributed by atoms with van der Waals surface area (Å²) in [5.74, 6) is -5.09. The van der Waals surface area contributed by atoms with Crippen molar-refractivity contribution < 1.29 is 39.0 Å². The van der Waals surface area contributed by atoms with Crippen molar-refractivity contribution >= 4 is 41.5 Å². The third-order valence-corrected chi connectivity index (χ3v) is 5.06. The van der Waals surface area contributed by atoms with Crippen molar-refractivity contribution in [3.63, 3.8) is 0 Å². The molecule has 0 aromatic rings. The summed E-state index contributed by atoms with van der Waals surface area (Å²) >= 11 is 0. The molecular formula is C22H41N9O8. The van der Waals surface area contributed by atoms with Gasteiger partial charge in [-0.25, -0.2) is 0 Å². The van der Waals surface area contributed by atoms with Gasteiger partial charge in [-0.05, 0) is 32.1 Å². The van der Waals surface area contributed by atoms with E-state index in [2.05, 4.69) is 31.6 Å². The Kier molecular flexibility index (Phi) is 16.4. The largest absolute Gasteiger partial charge is 0.480 e. The van der Waals surface area contributed by atoms with Gasteiger partial charge in [0.1, 0.15) is 24.7 Å². The maximum atomic E-state index is 12.9. The molecule has 0 radical (unpaired) electrons. The smallest absolute Gasteiger partial charge is 0.322 e. The first-order valence-electron chi connectivity index (χ1n) is 12.3. The van der Waals surface area contributed by atoms with Crippen LogP contribution in [0.1, 0.15) is 40.0 Å². The fraction of sp³-hybridized carbons (Fsp3) is 0.682. The molecule has 0 unspecified atom stereocenters. The highest BCUT2D eigenvalue weighted by molar-refractivity contribution is 5.95. The molecule has 0 spiro atoms. The second-order valence-electron chi connectivity index (χ2n) is 9.11. The SMILES string of the molecule is CC(C)C[C@H](N)C(=O)N[C@@H](CCCN=C(N)N)C(=O)N[C@@H](CO)C(=O)NCC(=O)N[C@@H](C)C(=O)NCC(=O)O. The molecule has 222 valence electrons. The minimum atomic E-state index is -1.47. The van der Waals surface area contributed by atoms with Crippen LogP contribution >= 0.6 is 0 Å². The fourth-order valence-electron chi connectivity index (χ4n) is 3.10. The molecule has 13 N–H and O–H groups in total. The Balaban J connectivity index is 5.10. The summed E-state index contributed by atoms with van der Waals surface area (Å²) in [6.07, 6.45) is 0.759. The van der Waals surface area contributed by atoms with Gasteiger partial charge in [0.15, 0.2) is 5.96 Å². The standard InChI is InChI=1S/C22H41N9O8/c1-11(2)7-13(23)19(37)30-14(5-4-6-26-22(24)25)21(39)31-15(10-32)20(38)27-8-16(33)29-12(3)18(36)28-9-17(34)35/h11-15,32H,4-10,23H2,1-3H3,(H,27,38)(H,28,36)(H,29,33)(H,30,37)(H,31,39)(H,34,35)(H4,24,25,26)/t12-,13-,14-,15-/m0/s1. The zero-order valence-corrected chi connectivity index (χ0v) is 22.4. The monoisotopic (exact) mass is 559 g/mol. The molecule has 0 fully saturated rings. The topological polar surface area (TPSA) is 293 Å². The third kappa shape index (κ3) is 15.8. The number of nitrogens with one attached hydrogen (secondary N) is 5. The Bertz CT molecular complexity index is 893. The van der Waals surface area contributed by atoms with Crippen LogP contribution in [0.5, 0.6) is 0 Å². The minimum Gasteiger partial charge on any atom is -0.480 e. The highest BCUT2D eigenvalue weighted by Gasteiger charge is 2.28. The molecule has 0 aromatic carbocycles. The van der Waals surface area contributed by atoms with Crippen LogP contribution in [0.15, 0.2) is 4.99 Å². The lowest BCUT2D eigenvalue weighted by Crippen LogP contribution is -2.57. The van der Waals surface area contributed by atoms with Crippen LogP contribution in [0.4, 0.5) is 0 Å². The maximum Gasteiger partial charge on any atom is 0.322 e. The summed E-state index contributed by atoms with van der Waals surface area (Å²) in [6, 6.07) is -4.56. The summed E-state index contributed by atoms with van der Waals surface area (Å²) in [5.41, 5.74) is 16.5. The fourth-order valence-corrected chi connectivity index (χ4v) is 3.10. The van der Waals surface area contributed by atoms with Gasteiger partial charge in [-0.2, -0.15) is 0 Å². The zero-order chi connectivity index (χ0) is 30.1. The number of carbonyl (C=O) groups excluding carboxylic acids is 5. The summed E-state index contributed by atoms with van der Waals surface area (Å²) in [7, 11) is 0. The van der Waals surface area contributed by atoms with Crippen molar-refractivity contribution in [2.45, 2.75) is 64.2 Å². The number of carboxylic acid groups (broad SMARTS) is 1. The Morgan fingerprint density at radius 3 is 1.95 bits per heavy atom. The van der Waals surface area contributed by atoms with E-state index in [9.17, 15) is 33.9 Å². The third-order valence-electron chi connectivity index (χ3n) is 5.06. The molecule has 0 aliphatic rings. The first-order chi connectivity index (χ1) is 18.2. The summed E-state index contributed by atoms with van der Waals surface area (Å²) in [6.45, 7) is 3.18. The van der Waals surface area contributed by atoms with Crippen molar-refractivity contribution in [3.8, 4) is 0 Å². The van der Waals surface area contributed by atoms with E-state index in [4.69, 9.17) is 22.3 Å². The molecule has 0 heterocycles. The van der Waals surface area contributed by atoms with Gasteiger partial charge in [0.25, 0.3) is 0 Å². The van der Waals surface area contributed by atoms with E-state index >= 15 is 0 Å². The van der Waals surface area contributed by atoms with Gasteiger partial charge < -0.3 is 54.0 Å². The Labute approximate surface area is 226 Å². The van der Waals surface area contributed by atoms with Gasteiger partial charge in [-0.1, -0.05) is 13.8 Å². The van der Waals surface area contributed by atoms with E-state index in [-0.39, 0.29) is 24.8 Å². The number of carbonyl (C=O) groups is 6. The average molecular weight is 560 g/mol. The van der Waals surface area contributed by atoms with Crippen molar-refractivity contribution in [2.24, 2.45) is 28.1 Å². The van der Waals surface area contributed by atoms with Crippen LogP contribution in [0.25, 0.3) is 0 Å². The van der Waals surface area contributed by atoms with Crippen LogP contribution in [0.2, 0.25) is 0 Å². The molecule has 0 aliphatic heterocycles. The lowest BCUT2D eigenvalue weighted by Gasteiger charge is -2.23. The van der Waals surface area contributed by atoms with E-state index in [0.717, 1.165) is 0 Å². The number of rotatable bonds is 18. The molecule has 17 nitrogen and oxygen atoms in total. The molecule has 17 heteroatoms. The van der Waals surface area contributed by atoms with Crippen LogP contribution in [0, 0.1) is 5.92 Å². The first kappa shape index (κ1) is 35.0. The van der Waals surface area contributed by atoms with E-state index in [1.807, 2.05) is 13.8 Å². The van der Waals surface area contributed by atoms with Gasteiger partial charge in [0.05, 0.1) is 19.2 Å². The number of aliphatic hydroxyl groups is 1. The summed E-state index contributed by atoms with van der Waals surface area (Å²) in [5, 5.41) is 29.6. The molecule has 39 heavy (non-hydrogen) atoms. The number of aliphatic hydroxyl groups excluding tert-OH is 1. The Hall–Kier alpha value is -3.99. The molecule has 0 saturated carbocycles. The summed E-state index contributed by atoms with van der Waals surface area (Å²) < 4.78 is 0.